The molecule has 2 heterocycles. The Morgan fingerprint density at radius 2 is 1.96 bits per heavy atom. The van der Waals surface area contributed by atoms with Crippen LogP contribution in [0.15, 0.2) is 46.5 Å². The Morgan fingerprint density at radius 3 is 2.61 bits per heavy atom. The molecule has 0 saturated carbocycles. The topological polar surface area (TPSA) is 130 Å². The van der Waals surface area contributed by atoms with E-state index in [1.165, 1.54) is 12.7 Å². The van der Waals surface area contributed by atoms with Crippen molar-refractivity contribution in [2.24, 2.45) is 0 Å². The average Bonchev–Trinajstić information content (AvgIpc) is 3.00. The van der Waals surface area contributed by atoms with Crippen LogP contribution in [0.4, 0.5) is 0 Å². The lowest BCUT2D eigenvalue weighted by atomic mass is 10.2. The summed E-state index contributed by atoms with van der Waals surface area (Å²) in [6.45, 7) is 1.83. The van der Waals surface area contributed by atoms with E-state index in [0.29, 0.717) is 5.69 Å². The second kappa shape index (κ2) is 5.37. The maximum absolute atomic E-state index is 12.1. The van der Waals surface area contributed by atoms with E-state index < -0.39 is 17.1 Å². The van der Waals surface area contributed by atoms with Gasteiger partial charge < -0.3 is 5.11 Å². The number of hydrogen-bond acceptors (Lipinski definition) is 6. The van der Waals surface area contributed by atoms with Gasteiger partial charge in [-0.25, -0.2) is 9.36 Å². The van der Waals surface area contributed by atoms with Gasteiger partial charge in [-0.2, -0.15) is 0 Å². The number of aromatic amines is 1. The van der Waals surface area contributed by atoms with Crippen molar-refractivity contribution in [3.05, 3.63) is 68.9 Å². The van der Waals surface area contributed by atoms with Crippen molar-refractivity contribution in [2.45, 2.75) is 6.92 Å². The normalized spacial score (nSPS) is 10.7. The molecule has 23 heavy (non-hydrogen) atoms. The van der Waals surface area contributed by atoms with Gasteiger partial charge in [0.15, 0.2) is 0 Å². The second-order valence-corrected chi connectivity index (χ2v) is 4.85. The molecule has 0 aliphatic heterocycles. The van der Waals surface area contributed by atoms with Crippen LogP contribution in [0.2, 0.25) is 0 Å². The highest BCUT2D eigenvalue weighted by Crippen LogP contribution is 2.17. The molecule has 0 saturated heterocycles. The summed E-state index contributed by atoms with van der Waals surface area (Å²) in [6.07, 6.45) is 2.42. The molecule has 0 atom stereocenters. The summed E-state index contributed by atoms with van der Waals surface area (Å²) < 4.78 is 2.08. The van der Waals surface area contributed by atoms with E-state index in [0.717, 1.165) is 14.7 Å². The lowest BCUT2D eigenvalue weighted by Gasteiger charge is -2.12. The van der Waals surface area contributed by atoms with Crippen molar-refractivity contribution in [3.8, 4) is 11.6 Å². The molecular weight excluding hydrogens is 300 g/mol. The number of aryl methyl sites for hydroxylation is 1. The number of rotatable bonds is 2. The van der Waals surface area contributed by atoms with Crippen LogP contribution in [0.3, 0.4) is 0 Å². The van der Waals surface area contributed by atoms with E-state index in [1.807, 2.05) is 13.0 Å². The van der Waals surface area contributed by atoms with Crippen LogP contribution in [-0.4, -0.2) is 35.3 Å². The van der Waals surface area contributed by atoms with Gasteiger partial charge >= 0.3 is 5.69 Å². The van der Waals surface area contributed by atoms with E-state index >= 15 is 0 Å². The molecule has 0 bridgehead atoms. The molecule has 0 radical (unpaired) electrons. The van der Waals surface area contributed by atoms with Crippen molar-refractivity contribution in [1.82, 2.24) is 24.3 Å². The number of nitrogens with one attached hydrogen (secondary N) is 2. The summed E-state index contributed by atoms with van der Waals surface area (Å²) in [4.78, 5) is 26.2. The van der Waals surface area contributed by atoms with Crippen molar-refractivity contribution < 1.29 is 5.11 Å². The van der Waals surface area contributed by atoms with Gasteiger partial charge in [0.05, 0.1) is 5.69 Å². The maximum atomic E-state index is 12.1. The molecule has 9 heteroatoms. The third-order valence-electron chi connectivity index (χ3n) is 3.26. The minimum absolute atomic E-state index is 0.352. The van der Waals surface area contributed by atoms with Gasteiger partial charge in [-0.15, -0.1) is 10.2 Å². The Balaban J connectivity index is 2.28. The molecule has 3 rings (SSSR count). The zero-order chi connectivity index (χ0) is 16.6. The van der Waals surface area contributed by atoms with Crippen LogP contribution < -0.4 is 11.2 Å². The van der Waals surface area contributed by atoms with Gasteiger partial charge in [-0.05, 0) is 24.6 Å². The summed E-state index contributed by atoms with van der Waals surface area (Å²) in [5.74, 6) is -0.974. The number of benzene rings is 1. The molecule has 0 aliphatic rings. The number of aromatic nitrogens is 5. The van der Waals surface area contributed by atoms with Gasteiger partial charge in [0.1, 0.15) is 24.1 Å². The van der Waals surface area contributed by atoms with Gasteiger partial charge in [-0.1, -0.05) is 12.1 Å². The molecule has 3 N–H and O–H groups in total. The summed E-state index contributed by atoms with van der Waals surface area (Å²) in [5, 5.41) is 25.5. The molecule has 0 unspecified atom stereocenters. The summed E-state index contributed by atoms with van der Waals surface area (Å²) in [5.41, 5.74) is -0.767. The molecule has 0 fully saturated rings. The Bertz CT molecular complexity index is 1000. The average molecular weight is 312 g/mol. The van der Waals surface area contributed by atoms with Crippen LogP contribution in [-0.2, 0) is 0 Å². The number of aromatic hydroxyl groups is 1. The van der Waals surface area contributed by atoms with Crippen LogP contribution in [0.1, 0.15) is 11.1 Å². The van der Waals surface area contributed by atoms with E-state index in [-0.39, 0.29) is 11.4 Å². The van der Waals surface area contributed by atoms with Crippen molar-refractivity contribution in [2.75, 3.05) is 0 Å². The van der Waals surface area contributed by atoms with Crippen LogP contribution >= 0.6 is 0 Å². The van der Waals surface area contributed by atoms with Gasteiger partial charge in [0.25, 0.3) is 5.56 Å². The Kier molecular flexibility index (Phi) is 3.37. The van der Waals surface area contributed by atoms with Gasteiger partial charge in [-0.3, -0.25) is 19.8 Å². The minimum atomic E-state index is -0.866. The third-order valence-corrected chi connectivity index (χ3v) is 3.26. The Labute approximate surface area is 129 Å². The summed E-state index contributed by atoms with van der Waals surface area (Å²) in [7, 11) is 0. The molecule has 9 nitrogen and oxygen atoms in total. The molecule has 3 aromatic rings. The highest BCUT2D eigenvalue weighted by atomic mass is 16.3. The standard InChI is InChI=1S/C14H12N6O3/c1-8-3-2-4-9(5-8)20-13(22)10(12(21)18-14(20)23)11(15)19-6-16-17-7-19/h2-7,15,22H,1H3,(H,18,21,23). The van der Waals surface area contributed by atoms with Crippen LogP contribution in [0, 0.1) is 12.3 Å². The maximum Gasteiger partial charge on any atom is 0.335 e. The SMILES string of the molecule is Cc1cccc(-n2c(O)c(C(=N)n3cnnc3)c(=O)[nH]c2=O)c1. The highest BCUT2D eigenvalue weighted by Gasteiger charge is 2.20. The molecule has 116 valence electrons. The fourth-order valence-electron chi connectivity index (χ4n) is 2.19. The van der Waals surface area contributed by atoms with Gasteiger partial charge in [0, 0.05) is 0 Å². The lowest BCUT2D eigenvalue weighted by molar-refractivity contribution is 0.429. The first-order chi connectivity index (χ1) is 11.0. The third kappa shape index (κ3) is 2.44. The van der Waals surface area contributed by atoms with Crippen molar-refractivity contribution in [3.63, 3.8) is 0 Å². The Morgan fingerprint density at radius 1 is 1.26 bits per heavy atom. The first-order valence-electron chi connectivity index (χ1n) is 6.58. The fraction of sp³-hybridized carbons (Fsp3) is 0.0714. The number of hydrogen-bond donors (Lipinski definition) is 3. The smallest absolute Gasteiger partial charge is 0.335 e. The molecule has 0 spiro atoms. The van der Waals surface area contributed by atoms with E-state index in [1.54, 1.807) is 18.2 Å². The fourth-order valence-corrected chi connectivity index (χ4v) is 2.19. The van der Waals surface area contributed by atoms with Crippen molar-refractivity contribution >= 4 is 5.84 Å². The predicted molar refractivity (Wildman–Crippen MR) is 81.3 cm³/mol. The minimum Gasteiger partial charge on any atom is -0.493 e. The first-order valence-corrected chi connectivity index (χ1v) is 6.58. The molecule has 0 amide bonds. The van der Waals surface area contributed by atoms with Crippen LogP contribution in [0.5, 0.6) is 5.88 Å². The zero-order valence-electron chi connectivity index (χ0n) is 12.0. The van der Waals surface area contributed by atoms with Gasteiger partial charge in [0.2, 0.25) is 5.88 Å². The van der Waals surface area contributed by atoms with Crippen LogP contribution in [0.25, 0.3) is 5.69 Å². The highest BCUT2D eigenvalue weighted by molar-refractivity contribution is 5.99. The molecule has 1 aromatic carbocycles. The monoisotopic (exact) mass is 312 g/mol. The molecule has 0 aliphatic carbocycles. The zero-order valence-corrected chi connectivity index (χ0v) is 12.0. The largest absolute Gasteiger partial charge is 0.493 e. The van der Waals surface area contributed by atoms with E-state index in [2.05, 4.69) is 15.2 Å². The lowest BCUT2D eigenvalue weighted by Crippen LogP contribution is -2.34. The number of nitrogens with zero attached hydrogens (tertiary/aromatic N) is 4. The summed E-state index contributed by atoms with van der Waals surface area (Å²) in [6, 6.07) is 6.83. The van der Waals surface area contributed by atoms with Crippen molar-refractivity contribution in [1.29, 1.82) is 5.41 Å². The predicted octanol–water partition coefficient (Wildman–Crippen LogP) is 0.00499. The number of H-pyrrole nitrogens is 1. The van der Waals surface area contributed by atoms with E-state index in [9.17, 15) is 14.7 Å². The Hall–Kier alpha value is -3.49. The quantitative estimate of drug-likeness (QED) is 0.453. The second-order valence-electron chi connectivity index (χ2n) is 4.85. The molecule has 2 aromatic heterocycles. The van der Waals surface area contributed by atoms with E-state index in [4.69, 9.17) is 5.41 Å². The summed E-state index contributed by atoms with van der Waals surface area (Å²) >= 11 is 0. The first kappa shape index (κ1) is 14.4. The molecular formula is C14H12N6O3.